The predicted molar refractivity (Wildman–Crippen MR) is 87.4 cm³/mol. The smallest absolute Gasteiger partial charge is 0.251 e. The third-order valence-corrected chi connectivity index (χ3v) is 3.68. The highest BCUT2D eigenvalue weighted by molar-refractivity contribution is 5.94. The third kappa shape index (κ3) is 8.51. The lowest BCUT2D eigenvalue weighted by Crippen LogP contribution is -2.24. The van der Waals surface area contributed by atoms with Gasteiger partial charge in [-0.15, -0.1) is 0 Å². The van der Waals surface area contributed by atoms with Gasteiger partial charge in [-0.2, -0.15) is 0 Å². The lowest BCUT2D eigenvalue weighted by molar-refractivity contribution is 0.0952. The van der Waals surface area contributed by atoms with Crippen LogP contribution in [0.5, 0.6) is 0 Å². The fraction of sp³-hybridized carbons (Fsp3) is 0.611. The van der Waals surface area contributed by atoms with Crippen molar-refractivity contribution in [2.75, 3.05) is 6.54 Å². The van der Waals surface area contributed by atoms with Gasteiger partial charge in [0.2, 0.25) is 0 Å². The summed E-state index contributed by atoms with van der Waals surface area (Å²) in [4.78, 5) is 11.8. The summed E-state index contributed by atoms with van der Waals surface area (Å²) in [5.41, 5.74) is 0.712. The molecule has 1 aromatic carbocycles. The van der Waals surface area contributed by atoms with E-state index in [9.17, 15) is 9.90 Å². The number of aliphatic hydroxyl groups excluding tert-OH is 1. The van der Waals surface area contributed by atoms with Gasteiger partial charge in [0, 0.05) is 12.1 Å². The van der Waals surface area contributed by atoms with E-state index in [4.69, 9.17) is 0 Å². The van der Waals surface area contributed by atoms with Crippen LogP contribution in [-0.4, -0.2) is 23.7 Å². The minimum Gasteiger partial charge on any atom is -0.393 e. The molecule has 0 aliphatic rings. The van der Waals surface area contributed by atoms with Gasteiger partial charge in [-0.25, -0.2) is 0 Å². The van der Waals surface area contributed by atoms with Gasteiger partial charge in [0.1, 0.15) is 0 Å². The fourth-order valence-electron chi connectivity index (χ4n) is 2.35. The Labute approximate surface area is 128 Å². The minimum atomic E-state index is -0.143. The molecule has 0 bridgehead atoms. The van der Waals surface area contributed by atoms with E-state index in [0.717, 1.165) is 38.5 Å². The Balaban J connectivity index is 1.98. The summed E-state index contributed by atoms with van der Waals surface area (Å²) in [5.74, 6) is -0.00444. The average Bonchev–Trinajstić information content (AvgIpc) is 2.51. The van der Waals surface area contributed by atoms with Gasteiger partial charge in [0.05, 0.1) is 6.10 Å². The molecule has 1 aromatic rings. The predicted octanol–water partition coefficient (Wildman–Crippen LogP) is 3.92. The van der Waals surface area contributed by atoms with Crippen LogP contribution >= 0.6 is 0 Å². The maximum atomic E-state index is 11.8. The van der Waals surface area contributed by atoms with Gasteiger partial charge in [-0.05, 0) is 31.4 Å². The zero-order chi connectivity index (χ0) is 15.3. The SMILES string of the molecule is CCCCCC(O)CCCCCNC(=O)c1ccccc1. The number of aliphatic hydroxyl groups is 1. The second-order valence-electron chi connectivity index (χ2n) is 5.62. The Bertz CT molecular complexity index is 378. The van der Waals surface area contributed by atoms with Crippen LogP contribution in [0.15, 0.2) is 30.3 Å². The first-order chi connectivity index (χ1) is 10.2. The van der Waals surface area contributed by atoms with Crippen molar-refractivity contribution >= 4 is 5.91 Å². The maximum absolute atomic E-state index is 11.8. The minimum absolute atomic E-state index is 0.00444. The van der Waals surface area contributed by atoms with Crippen molar-refractivity contribution in [2.45, 2.75) is 64.4 Å². The summed E-state index contributed by atoms with van der Waals surface area (Å²) in [5, 5.41) is 12.7. The van der Waals surface area contributed by atoms with Crippen molar-refractivity contribution in [1.82, 2.24) is 5.32 Å². The first kappa shape index (κ1) is 17.7. The molecule has 0 aliphatic carbocycles. The molecule has 0 radical (unpaired) electrons. The van der Waals surface area contributed by atoms with E-state index >= 15 is 0 Å². The van der Waals surface area contributed by atoms with E-state index in [1.165, 1.54) is 12.8 Å². The normalized spacial score (nSPS) is 12.1. The van der Waals surface area contributed by atoms with Crippen LogP contribution in [-0.2, 0) is 0 Å². The standard InChI is InChI=1S/C18H29NO2/c1-2-3-6-13-17(20)14-9-5-10-15-19-18(21)16-11-7-4-8-12-16/h4,7-8,11-12,17,20H,2-3,5-6,9-10,13-15H2,1H3,(H,19,21). The summed E-state index contributed by atoms with van der Waals surface area (Å²) in [7, 11) is 0. The maximum Gasteiger partial charge on any atom is 0.251 e. The Morgan fingerprint density at radius 2 is 1.71 bits per heavy atom. The highest BCUT2D eigenvalue weighted by Gasteiger charge is 2.04. The number of carbonyl (C=O) groups excluding carboxylic acids is 1. The molecule has 1 unspecified atom stereocenters. The summed E-state index contributed by atoms with van der Waals surface area (Å²) in [6.07, 6.45) is 8.28. The molecule has 0 aliphatic heterocycles. The van der Waals surface area contributed by atoms with Crippen molar-refractivity contribution in [3.8, 4) is 0 Å². The third-order valence-electron chi connectivity index (χ3n) is 3.68. The zero-order valence-corrected chi connectivity index (χ0v) is 13.2. The number of rotatable bonds is 11. The molecule has 0 saturated carbocycles. The Kier molecular flexibility index (Phi) is 9.55. The van der Waals surface area contributed by atoms with Crippen LogP contribution < -0.4 is 5.32 Å². The molecule has 0 spiro atoms. The number of nitrogens with one attached hydrogen (secondary N) is 1. The summed E-state index contributed by atoms with van der Waals surface area (Å²) >= 11 is 0. The Hall–Kier alpha value is -1.35. The van der Waals surface area contributed by atoms with Gasteiger partial charge >= 0.3 is 0 Å². The van der Waals surface area contributed by atoms with Crippen LogP contribution in [0.1, 0.15) is 68.6 Å². The topological polar surface area (TPSA) is 49.3 Å². The molecule has 3 nitrogen and oxygen atoms in total. The molecule has 21 heavy (non-hydrogen) atoms. The summed E-state index contributed by atoms with van der Waals surface area (Å²) < 4.78 is 0. The molecule has 1 amide bonds. The van der Waals surface area contributed by atoms with Crippen molar-refractivity contribution in [3.63, 3.8) is 0 Å². The molecular formula is C18H29NO2. The second-order valence-corrected chi connectivity index (χ2v) is 5.62. The summed E-state index contributed by atoms with van der Waals surface area (Å²) in [6.45, 7) is 2.88. The first-order valence-corrected chi connectivity index (χ1v) is 8.25. The highest BCUT2D eigenvalue weighted by atomic mass is 16.3. The largest absolute Gasteiger partial charge is 0.393 e. The van der Waals surface area contributed by atoms with E-state index in [1.54, 1.807) is 0 Å². The second kappa shape index (κ2) is 11.3. The van der Waals surface area contributed by atoms with Crippen LogP contribution in [0, 0.1) is 0 Å². The van der Waals surface area contributed by atoms with E-state index < -0.39 is 0 Å². The molecule has 3 heteroatoms. The van der Waals surface area contributed by atoms with Crippen molar-refractivity contribution in [3.05, 3.63) is 35.9 Å². The molecule has 0 aromatic heterocycles. The molecule has 118 valence electrons. The van der Waals surface area contributed by atoms with Gasteiger partial charge in [0.15, 0.2) is 0 Å². The van der Waals surface area contributed by atoms with E-state index in [1.807, 2.05) is 30.3 Å². The van der Waals surface area contributed by atoms with Gasteiger partial charge < -0.3 is 10.4 Å². The van der Waals surface area contributed by atoms with Crippen molar-refractivity contribution in [2.24, 2.45) is 0 Å². The van der Waals surface area contributed by atoms with Gasteiger partial charge in [-0.3, -0.25) is 4.79 Å². The van der Waals surface area contributed by atoms with E-state index in [-0.39, 0.29) is 12.0 Å². The van der Waals surface area contributed by atoms with Gasteiger partial charge in [-0.1, -0.05) is 57.2 Å². The van der Waals surface area contributed by atoms with Crippen LogP contribution in [0.4, 0.5) is 0 Å². The van der Waals surface area contributed by atoms with Crippen molar-refractivity contribution < 1.29 is 9.90 Å². The Morgan fingerprint density at radius 3 is 2.38 bits per heavy atom. The molecule has 2 N–H and O–H groups in total. The highest BCUT2D eigenvalue weighted by Crippen LogP contribution is 2.10. The average molecular weight is 291 g/mol. The van der Waals surface area contributed by atoms with Gasteiger partial charge in [0.25, 0.3) is 5.91 Å². The lowest BCUT2D eigenvalue weighted by Gasteiger charge is -2.10. The lowest BCUT2D eigenvalue weighted by atomic mass is 10.0. The summed E-state index contributed by atoms with van der Waals surface area (Å²) in [6, 6.07) is 9.29. The molecule has 0 heterocycles. The number of benzene rings is 1. The van der Waals surface area contributed by atoms with Crippen LogP contribution in [0.2, 0.25) is 0 Å². The molecular weight excluding hydrogens is 262 g/mol. The number of unbranched alkanes of at least 4 members (excludes halogenated alkanes) is 4. The number of hydrogen-bond donors (Lipinski definition) is 2. The number of carbonyl (C=O) groups is 1. The zero-order valence-electron chi connectivity index (χ0n) is 13.2. The molecule has 0 fully saturated rings. The number of amides is 1. The quantitative estimate of drug-likeness (QED) is 0.607. The van der Waals surface area contributed by atoms with Crippen molar-refractivity contribution in [1.29, 1.82) is 0 Å². The number of hydrogen-bond acceptors (Lipinski definition) is 2. The first-order valence-electron chi connectivity index (χ1n) is 8.25. The van der Waals surface area contributed by atoms with Crippen LogP contribution in [0.25, 0.3) is 0 Å². The van der Waals surface area contributed by atoms with E-state index in [2.05, 4.69) is 12.2 Å². The molecule has 1 atom stereocenters. The monoisotopic (exact) mass is 291 g/mol. The fourth-order valence-corrected chi connectivity index (χ4v) is 2.35. The van der Waals surface area contributed by atoms with Crippen LogP contribution in [0.3, 0.4) is 0 Å². The van der Waals surface area contributed by atoms with E-state index in [0.29, 0.717) is 12.1 Å². The molecule has 0 saturated heterocycles. The molecule has 1 rings (SSSR count). The Morgan fingerprint density at radius 1 is 1.05 bits per heavy atom.